The summed E-state index contributed by atoms with van der Waals surface area (Å²) < 4.78 is 181. The molecule has 102 heavy (non-hydrogen) atoms. The highest BCUT2D eigenvalue weighted by Gasteiger charge is 2.39. The van der Waals surface area contributed by atoms with Crippen LogP contribution in [0.2, 0.25) is 5.15 Å². The van der Waals surface area contributed by atoms with Gasteiger partial charge >= 0.3 is 18.5 Å². The molecule has 550 valence electrons. The summed E-state index contributed by atoms with van der Waals surface area (Å²) in [7, 11) is -7.05. The van der Waals surface area contributed by atoms with Gasteiger partial charge in [0.05, 0.1) is 82.3 Å². The minimum atomic E-state index is -4.64. The Morgan fingerprint density at radius 3 is 1.22 bits per heavy atom. The Morgan fingerprint density at radius 1 is 0.451 bits per heavy atom. The van der Waals surface area contributed by atoms with Crippen molar-refractivity contribution in [3.8, 4) is 0 Å². The fourth-order valence-corrected chi connectivity index (χ4v) is 13.5. The van der Waals surface area contributed by atoms with Crippen LogP contribution in [0.5, 0.6) is 0 Å². The van der Waals surface area contributed by atoms with E-state index in [-0.39, 0.29) is 133 Å². The quantitative estimate of drug-likeness (QED) is 0.0523. The highest BCUT2D eigenvalue weighted by atomic mass is 35.5. The maximum absolute atomic E-state index is 13.5. The lowest BCUT2D eigenvalue weighted by Gasteiger charge is -2.37. The van der Waals surface area contributed by atoms with Crippen LogP contribution in [0.3, 0.4) is 0 Å². The van der Waals surface area contributed by atoms with Crippen LogP contribution < -0.4 is 29.4 Å². The van der Waals surface area contributed by atoms with Gasteiger partial charge in [-0.15, -0.1) is 0 Å². The molecule has 6 fully saturated rings. The lowest BCUT2D eigenvalue weighted by atomic mass is 10.1. The maximum Gasteiger partial charge on any atom is 0.451 e. The van der Waals surface area contributed by atoms with E-state index in [0.717, 1.165) is 37.2 Å². The molecule has 9 heterocycles. The number of hydrogen-bond acceptors (Lipinski definition) is 23. The third-order valence-electron chi connectivity index (χ3n) is 17.4. The molecule has 12 rings (SSSR count). The molecule has 6 aliphatic heterocycles. The number of hydrogen-bond donors (Lipinski definition) is 0. The summed E-state index contributed by atoms with van der Waals surface area (Å²) in [6, 6.07) is 17.7. The van der Waals surface area contributed by atoms with Gasteiger partial charge < -0.3 is 58.3 Å². The van der Waals surface area contributed by atoms with Crippen LogP contribution in [0, 0.1) is 10.1 Å². The minimum Gasteiger partial charge on any atom is -0.378 e. The molecule has 0 atom stereocenters. The molecule has 39 heteroatoms. The Morgan fingerprint density at radius 2 is 0.843 bits per heavy atom. The van der Waals surface area contributed by atoms with Crippen LogP contribution in [-0.2, 0) is 52.4 Å². The van der Waals surface area contributed by atoms with E-state index >= 15 is 0 Å². The molecule has 6 aromatic rings. The van der Waals surface area contributed by atoms with Crippen LogP contribution in [0.25, 0.3) is 0 Å². The number of nitrogens with zero attached hydrogens (tertiary/aromatic N) is 15. The first-order valence-electron chi connectivity index (χ1n) is 31.8. The van der Waals surface area contributed by atoms with E-state index < -0.39 is 65.4 Å². The summed E-state index contributed by atoms with van der Waals surface area (Å²) in [4.78, 5) is 84.8. The average molecular weight is 1500 g/mol. The molecule has 0 unspecified atom stereocenters. The number of sulfone groups is 2. The van der Waals surface area contributed by atoms with Crippen molar-refractivity contribution in [2.75, 3.05) is 199 Å². The van der Waals surface area contributed by atoms with Gasteiger partial charge in [0, 0.05) is 166 Å². The second-order valence-corrected chi connectivity index (χ2v) is 28.4. The van der Waals surface area contributed by atoms with E-state index in [1.165, 1.54) is 48.5 Å². The van der Waals surface area contributed by atoms with Crippen molar-refractivity contribution >= 4 is 89.2 Å². The number of rotatable bonds is 12. The molecule has 3 amide bonds. The number of morpholine rings is 3. The molecule has 3 aromatic carbocycles. The number of nitro groups is 1. The topological polar surface area (TPSA) is 284 Å². The smallest absolute Gasteiger partial charge is 0.378 e. The first-order chi connectivity index (χ1) is 48.2. The van der Waals surface area contributed by atoms with E-state index in [2.05, 4.69) is 24.9 Å². The SMILES string of the molecule is CS(=O)(=O)c1ccc(N2CCOCC2)c(C(=O)N2CCN(c3cc(C(F)(F)F)ncn3)CC2)c1.CS(=O)(=O)c1ccc(N2CCOCC2)c(C(=O)N2CCN(c3ccnc(C(F)(F)F)n3)CC2)c1.O=C(c1cc([N+](=O)[O-])ccc1N1CCOCC1)N1CCN(c2ccc(C(F)(F)F)c(Cl)n2)CC1. The Labute approximate surface area is 584 Å². The van der Waals surface area contributed by atoms with E-state index in [9.17, 15) is 80.8 Å². The summed E-state index contributed by atoms with van der Waals surface area (Å²) in [5.74, 6) is -1.64. The van der Waals surface area contributed by atoms with Gasteiger partial charge in [0.15, 0.2) is 19.7 Å². The highest BCUT2D eigenvalue weighted by molar-refractivity contribution is 7.91. The van der Waals surface area contributed by atoms with Crippen molar-refractivity contribution in [1.82, 2.24) is 39.6 Å². The zero-order valence-corrected chi connectivity index (χ0v) is 57.2. The maximum atomic E-state index is 13.5. The summed E-state index contributed by atoms with van der Waals surface area (Å²) in [6.45, 7) is 9.66. The summed E-state index contributed by atoms with van der Waals surface area (Å²) in [6.07, 6.45) is -9.70. The Hall–Kier alpha value is -8.98. The number of ether oxygens (including phenoxy) is 3. The lowest BCUT2D eigenvalue weighted by molar-refractivity contribution is -0.384. The van der Waals surface area contributed by atoms with Gasteiger partial charge in [0.1, 0.15) is 34.6 Å². The first-order valence-corrected chi connectivity index (χ1v) is 36.0. The normalized spacial score (nSPS) is 17.5. The van der Waals surface area contributed by atoms with E-state index in [1.54, 1.807) is 47.6 Å². The number of halogens is 10. The monoisotopic (exact) mass is 1500 g/mol. The molecule has 6 saturated heterocycles. The van der Waals surface area contributed by atoms with Crippen molar-refractivity contribution in [1.29, 1.82) is 0 Å². The van der Waals surface area contributed by atoms with Crippen molar-refractivity contribution in [2.45, 2.75) is 28.3 Å². The molecule has 6 aliphatic rings. The van der Waals surface area contributed by atoms with Crippen molar-refractivity contribution in [3.63, 3.8) is 0 Å². The molecule has 0 saturated carbocycles. The minimum absolute atomic E-state index is 0.0483. The summed E-state index contributed by atoms with van der Waals surface area (Å²) in [5.41, 5.74) is 0.457. The number of nitro benzene ring substituents is 1. The molecular weight excluding hydrogens is 1430 g/mol. The zero-order chi connectivity index (χ0) is 73.5. The number of anilines is 6. The third kappa shape index (κ3) is 18.6. The van der Waals surface area contributed by atoms with Gasteiger partial charge in [-0.05, 0) is 60.7 Å². The molecule has 0 aliphatic carbocycles. The van der Waals surface area contributed by atoms with Crippen LogP contribution in [0.15, 0.2) is 101 Å². The van der Waals surface area contributed by atoms with E-state index in [4.69, 9.17) is 25.8 Å². The largest absolute Gasteiger partial charge is 0.451 e. The van der Waals surface area contributed by atoms with E-state index in [1.807, 2.05) is 14.7 Å². The number of pyridine rings is 1. The summed E-state index contributed by atoms with van der Waals surface area (Å²) in [5, 5.41) is 10.7. The average Bonchev–Trinajstić information content (AvgIpc) is 0.804. The first kappa shape index (κ1) is 75.7. The number of piperazine rings is 3. The van der Waals surface area contributed by atoms with Crippen molar-refractivity contribution in [3.05, 3.63) is 140 Å². The van der Waals surface area contributed by atoms with Crippen LogP contribution in [0.4, 0.5) is 79.7 Å². The van der Waals surface area contributed by atoms with Crippen LogP contribution in [-0.4, -0.2) is 249 Å². The molecular formula is C63H69ClF9N15O12S2. The number of non-ortho nitro benzene ring substituents is 1. The Kier molecular flexibility index (Phi) is 23.5. The Bertz CT molecular complexity index is 4080. The standard InChI is InChI=1S/C21H21ClF3N5O4.2C21H24F3N5O4S/c22-19-16(21(23,24)25)2-4-18(26-19)28-5-7-29(8-6-28)20(31)15-13-14(30(32)33)1-3-17(15)27-9-11-34-12-10-27;1-34(31,32)15-2-3-17(27-8-10-33-11-9-27)16(12-15)20(30)29-6-4-28(5-7-29)19-13-18(21(22,23)24)25-14-26-19;1-34(31,32)15-2-3-17(27-10-12-33-13-11-27)16(14-15)19(30)29-8-6-28(7-9-29)18-4-5-25-20(26-18)21(22,23)24/h1-4,13H,5-12H2;2-3,12-14H,4-11H2,1H3;2-5,14H,6-13H2,1H3. The van der Waals surface area contributed by atoms with Gasteiger partial charge in [-0.25, -0.2) is 41.8 Å². The number of amides is 3. The molecule has 27 nitrogen and oxygen atoms in total. The Balaban J connectivity index is 0.000000165. The number of alkyl halides is 9. The van der Waals surface area contributed by atoms with Crippen LogP contribution >= 0.6 is 11.6 Å². The number of carbonyl (C=O) groups excluding carboxylic acids is 3. The van der Waals surface area contributed by atoms with Gasteiger partial charge in [-0.3, -0.25) is 24.5 Å². The lowest BCUT2D eigenvalue weighted by Crippen LogP contribution is -2.49. The predicted molar refractivity (Wildman–Crippen MR) is 354 cm³/mol. The highest BCUT2D eigenvalue weighted by Crippen LogP contribution is 2.37. The zero-order valence-electron chi connectivity index (χ0n) is 54.8. The number of benzene rings is 3. The number of aromatic nitrogens is 5. The molecule has 0 bridgehead atoms. The molecule has 3 aromatic heterocycles. The van der Waals surface area contributed by atoms with E-state index in [0.29, 0.717) is 109 Å². The molecule has 0 radical (unpaired) electrons. The van der Waals surface area contributed by atoms with Gasteiger partial charge in [-0.2, -0.15) is 39.5 Å². The van der Waals surface area contributed by atoms with Gasteiger partial charge in [0.2, 0.25) is 5.82 Å². The molecule has 0 N–H and O–H groups in total. The second kappa shape index (κ2) is 31.7. The van der Waals surface area contributed by atoms with Gasteiger partial charge in [0.25, 0.3) is 23.4 Å². The second-order valence-electron chi connectivity index (χ2n) is 24.0. The molecule has 0 spiro atoms. The van der Waals surface area contributed by atoms with Crippen LogP contribution in [0.1, 0.15) is 48.2 Å². The fraction of sp³-hybridized carbons (Fsp3) is 0.460. The number of carbonyl (C=O) groups is 3. The van der Waals surface area contributed by atoms with Crippen molar-refractivity contribution in [2.24, 2.45) is 0 Å². The fourth-order valence-electron chi connectivity index (χ4n) is 12.0. The summed E-state index contributed by atoms with van der Waals surface area (Å²) >= 11 is 5.73. The van der Waals surface area contributed by atoms with Gasteiger partial charge in [-0.1, -0.05) is 11.6 Å². The van der Waals surface area contributed by atoms with Crippen molar-refractivity contribution < 1.29 is 89.9 Å². The predicted octanol–water partition coefficient (Wildman–Crippen LogP) is 6.86. The third-order valence-corrected chi connectivity index (χ3v) is 19.9.